The highest BCUT2D eigenvalue weighted by atomic mass is 32.2. The molecule has 1 amide bonds. The highest BCUT2D eigenvalue weighted by molar-refractivity contribution is 7.93. The molecule has 0 aliphatic carbocycles. The van der Waals surface area contributed by atoms with Gasteiger partial charge in [-0.25, -0.2) is 13.1 Å². The molecule has 2 rings (SSSR count). The van der Waals surface area contributed by atoms with Crippen LogP contribution < -0.4 is 23.7 Å². The molecule has 0 fully saturated rings. The average Bonchev–Trinajstić information content (AvgIpc) is 2.75. The molecule has 0 heterocycles. The number of carbonyl (C=O) groups excluding carboxylic acids is 1. The van der Waals surface area contributed by atoms with Crippen LogP contribution in [0, 0.1) is 0 Å². The number of carbonyl (C=O) groups is 1. The van der Waals surface area contributed by atoms with Gasteiger partial charge in [0.05, 0.1) is 45.0 Å². The predicted octanol–water partition coefficient (Wildman–Crippen LogP) is 2.85. The van der Waals surface area contributed by atoms with Crippen molar-refractivity contribution in [1.82, 2.24) is 4.72 Å². The lowest BCUT2D eigenvalue weighted by Gasteiger charge is -2.10. The SMILES string of the molecule is COc1cccc(OC)c1/C=C\S(=O)(=O)NC(=O)/C=C/c1c(OC)cccc1OC. The number of hydrogen-bond donors (Lipinski definition) is 1. The lowest BCUT2D eigenvalue weighted by Crippen LogP contribution is -2.26. The van der Waals surface area contributed by atoms with Gasteiger partial charge in [-0.2, -0.15) is 0 Å². The second-order valence-corrected chi connectivity index (χ2v) is 7.37. The van der Waals surface area contributed by atoms with Crippen LogP contribution in [0.3, 0.4) is 0 Å². The minimum absolute atomic E-state index is 0.426. The smallest absolute Gasteiger partial charge is 0.257 e. The van der Waals surface area contributed by atoms with Crippen molar-refractivity contribution in [1.29, 1.82) is 0 Å². The van der Waals surface area contributed by atoms with E-state index in [0.717, 1.165) is 11.5 Å². The Balaban J connectivity index is 2.20. The van der Waals surface area contributed by atoms with E-state index in [2.05, 4.69) is 0 Å². The Morgan fingerprint density at radius 2 is 1.17 bits per heavy atom. The van der Waals surface area contributed by atoms with E-state index in [1.165, 1.54) is 40.6 Å². The van der Waals surface area contributed by atoms with Gasteiger partial charge < -0.3 is 18.9 Å². The van der Waals surface area contributed by atoms with Gasteiger partial charge in [-0.05, 0) is 36.4 Å². The van der Waals surface area contributed by atoms with Gasteiger partial charge in [0.25, 0.3) is 15.9 Å². The standard InChI is InChI=1S/C21H23NO7S/c1-26-17-7-5-8-18(27-2)15(17)11-12-21(23)22-30(24,25)14-13-16-19(28-3)9-6-10-20(16)29-4/h5-14H,1-4H3,(H,22,23)/b12-11+,14-13-. The third kappa shape index (κ3) is 5.77. The first-order chi connectivity index (χ1) is 14.3. The first kappa shape index (κ1) is 22.8. The molecule has 1 N–H and O–H groups in total. The number of nitrogens with one attached hydrogen (secondary N) is 1. The molecule has 0 saturated heterocycles. The number of benzene rings is 2. The van der Waals surface area contributed by atoms with Gasteiger partial charge >= 0.3 is 0 Å². The molecule has 0 radical (unpaired) electrons. The molecule has 0 atom stereocenters. The topological polar surface area (TPSA) is 100 Å². The van der Waals surface area contributed by atoms with Crippen molar-refractivity contribution in [2.75, 3.05) is 28.4 Å². The van der Waals surface area contributed by atoms with Crippen molar-refractivity contribution in [2.24, 2.45) is 0 Å². The summed E-state index contributed by atoms with van der Waals surface area (Å²) in [5.41, 5.74) is 0.930. The molecule has 30 heavy (non-hydrogen) atoms. The van der Waals surface area contributed by atoms with Crippen molar-refractivity contribution in [3.05, 3.63) is 59.0 Å². The molecular weight excluding hydrogens is 410 g/mol. The highest BCUT2D eigenvalue weighted by Gasteiger charge is 2.13. The maximum atomic E-state index is 12.3. The minimum Gasteiger partial charge on any atom is -0.496 e. The fraction of sp³-hybridized carbons (Fsp3) is 0.190. The molecule has 0 spiro atoms. The maximum absolute atomic E-state index is 12.3. The Morgan fingerprint density at radius 3 is 1.57 bits per heavy atom. The van der Waals surface area contributed by atoms with E-state index in [0.29, 0.717) is 34.1 Å². The molecule has 0 bridgehead atoms. The van der Waals surface area contributed by atoms with Crippen LogP contribution in [0.4, 0.5) is 0 Å². The number of ether oxygens (including phenoxy) is 4. The molecular formula is C21H23NO7S. The van der Waals surface area contributed by atoms with Crippen LogP contribution in [0.2, 0.25) is 0 Å². The summed E-state index contributed by atoms with van der Waals surface area (Å²) in [6.07, 6.45) is 3.78. The highest BCUT2D eigenvalue weighted by Crippen LogP contribution is 2.30. The molecule has 160 valence electrons. The molecule has 0 aliphatic rings. The first-order valence-corrected chi connectivity index (χ1v) is 10.2. The number of amides is 1. The van der Waals surface area contributed by atoms with E-state index < -0.39 is 15.9 Å². The second kappa shape index (κ2) is 10.4. The minimum atomic E-state index is -4.07. The molecule has 0 aliphatic heterocycles. The van der Waals surface area contributed by atoms with Crippen LogP contribution in [-0.2, 0) is 14.8 Å². The monoisotopic (exact) mass is 433 g/mol. The zero-order valence-electron chi connectivity index (χ0n) is 17.0. The Bertz CT molecular complexity index is 1010. The molecule has 0 saturated carbocycles. The van der Waals surface area contributed by atoms with E-state index in [9.17, 15) is 13.2 Å². The Morgan fingerprint density at radius 1 is 0.767 bits per heavy atom. The normalized spacial score (nSPS) is 11.5. The summed E-state index contributed by atoms with van der Waals surface area (Å²) in [7, 11) is 1.81. The number of rotatable bonds is 9. The summed E-state index contributed by atoms with van der Waals surface area (Å²) < 4.78 is 47.4. The fourth-order valence-corrected chi connectivity index (χ4v) is 3.34. The van der Waals surface area contributed by atoms with Gasteiger partial charge in [-0.3, -0.25) is 4.79 Å². The van der Waals surface area contributed by atoms with Crippen LogP contribution in [0.25, 0.3) is 12.2 Å². The number of sulfonamides is 1. The second-order valence-electron chi connectivity index (χ2n) is 5.80. The third-order valence-corrected chi connectivity index (χ3v) is 4.97. The van der Waals surface area contributed by atoms with E-state index in [1.54, 1.807) is 36.4 Å². The number of methoxy groups -OCH3 is 4. The van der Waals surface area contributed by atoms with E-state index >= 15 is 0 Å². The molecule has 8 nitrogen and oxygen atoms in total. The summed E-state index contributed by atoms with van der Waals surface area (Å²) in [6.45, 7) is 0. The zero-order valence-corrected chi connectivity index (χ0v) is 17.9. The summed E-state index contributed by atoms with van der Waals surface area (Å²) in [5.74, 6) is 0.971. The third-order valence-electron chi connectivity index (χ3n) is 3.99. The molecule has 0 aromatic heterocycles. The maximum Gasteiger partial charge on any atom is 0.257 e. The lowest BCUT2D eigenvalue weighted by molar-refractivity contribution is -0.114. The van der Waals surface area contributed by atoms with Gasteiger partial charge in [0.1, 0.15) is 23.0 Å². The Kier molecular flexibility index (Phi) is 7.88. The van der Waals surface area contributed by atoms with Crippen molar-refractivity contribution in [3.63, 3.8) is 0 Å². The van der Waals surface area contributed by atoms with Crippen molar-refractivity contribution >= 4 is 28.1 Å². The van der Waals surface area contributed by atoms with E-state index in [4.69, 9.17) is 18.9 Å². The van der Waals surface area contributed by atoms with E-state index in [1.807, 2.05) is 4.72 Å². The van der Waals surface area contributed by atoms with Gasteiger partial charge in [-0.15, -0.1) is 0 Å². The van der Waals surface area contributed by atoms with Crippen LogP contribution in [-0.4, -0.2) is 42.8 Å². The van der Waals surface area contributed by atoms with Crippen molar-refractivity contribution < 1.29 is 32.2 Å². The van der Waals surface area contributed by atoms with Crippen LogP contribution in [0.15, 0.2) is 47.9 Å². The first-order valence-electron chi connectivity index (χ1n) is 8.70. The van der Waals surface area contributed by atoms with Crippen LogP contribution >= 0.6 is 0 Å². The van der Waals surface area contributed by atoms with Gasteiger partial charge in [0.2, 0.25) is 0 Å². The molecule has 2 aromatic carbocycles. The zero-order chi connectivity index (χ0) is 22.1. The molecule has 2 aromatic rings. The fourth-order valence-electron chi connectivity index (χ4n) is 2.61. The average molecular weight is 433 g/mol. The van der Waals surface area contributed by atoms with E-state index in [-0.39, 0.29) is 0 Å². The Hall–Kier alpha value is -3.46. The van der Waals surface area contributed by atoms with Crippen LogP contribution in [0.5, 0.6) is 23.0 Å². The van der Waals surface area contributed by atoms with Crippen LogP contribution in [0.1, 0.15) is 11.1 Å². The summed E-state index contributed by atoms with van der Waals surface area (Å²) in [4.78, 5) is 12.1. The summed E-state index contributed by atoms with van der Waals surface area (Å²) >= 11 is 0. The van der Waals surface area contributed by atoms with Crippen molar-refractivity contribution in [3.8, 4) is 23.0 Å². The molecule has 0 unspecified atom stereocenters. The summed E-state index contributed by atoms with van der Waals surface area (Å²) in [5, 5.41) is 0.864. The summed E-state index contributed by atoms with van der Waals surface area (Å²) in [6, 6.07) is 10.2. The Labute approximate surface area is 175 Å². The molecule has 9 heteroatoms. The number of hydrogen-bond acceptors (Lipinski definition) is 7. The largest absolute Gasteiger partial charge is 0.496 e. The predicted molar refractivity (Wildman–Crippen MR) is 114 cm³/mol. The van der Waals surface area contributed by atoms with Crippen molar-refractivity contribution in [2.45, 2.75) is 0 Å². The van der Waals surface area contributed by atoms with Gasteiger partial charge in [-0.1, -0.05) is 12.1 Å². The lowest BCUT2D eigenvalue weighted by atomic mass is 10.1. The quantitative estimate of drug-likeness (QED) is 0.607. The van der Waals surface area contributed by atoms with Gasteiger partial charge in [0, 0.05) is 6.08 Å². The van der Waals surface area contributed by atoms with Gasteiger partial charge in [0.15, 0.2) is 0 Å².